The summed E-state index contributed by atoms with van der Waals surface area (Å²) in [5.41, 5.74) is 0.618. The fourth-order valence-electron chi connectivity index (χ4n) is 1.57. The predicted molar refractivity (Wildman–Crippen MR) is 96.0 cm³/mol. The Balaban J connectivity index is 1.84. The van der Waals surface area contributed by atoms with Gasteiger partial charge in [-0.3, -0.25) is 4.79 Å². The maximum absolute atomic E-state index is 12.0. The van der Waals surface area contributed by atoms with Gasteiger partial charge in [0.05, 0.1) is 17.9 Å². The van der Waals surface area contributed by atoms with Gasteiger partial charge in [0.1, 0.15) is 5.75 Å². The minimum absolute atomic E-state index is 0.146. The normalized spacial score (nSPS) is 10.2. The van der Waals surface area contributed by atoms with E-state index in [4.69, 9.17) is 16.3 Å². The number of amides is 1. The molecule has 0 aliphatic heterocycles. The van der Waals surface area contributed by atoms with Gasteiger partial charge in [-0.05, 0) is 18.2 Å². The first-order chi connectivity index (χ1) is 11.1. The molecule has 2 N–H and O–H groups in total. The summed E-state index contributed by atoms with van der Waals surface area (Å²) in [5, 5.41) is 14.9. The molecule has 6 nitrogen and oxygen atoms in total. The fraction of sp³-hybridized carbons (Fsp3) is 0.214. The number of hydrogen-bond acceptors (Lipinski definition) is 7. The summed E-state index contributed by atoms with van der Waals surface area (Å²) >= 11 is 8.73. The molecule has 0 bridgehead atoms. The minimum atomic E-state index is -0.146. The Morgan fingerprint density at radius 1 is 1.52 bits per heavy atom. The third-order valence-electron chi connectivity index (χ3n) is 2.57. The van der Waals surface area contributed by atoms with E-state index in [1.54, 1.807) is 24.3 Å². The Hall–Kier alpha value is -1.77. The molecular weight excluding hydrogens is 356 g/mol. The third kappa shape index (κ3) is 5.42. The number of halogens is 1. The number of hydrogen-bond donors (Lipinski definition) is 2. The van der Waals surface area contributed by atoms with Crippen molar-refractivity contribution in [3.8, 4) is 5.75 Å². The monoisotopic (exact) mass is 370 g/mol. The van der Waals surface area contributed by atoms with Gasteiger partial charge >= 0.3 is 0 Å². The number of methoxy groups -OCH3 is 1. The lowest BCUT2D eigenvalue weighted by Crippen LogP contribution is -2.13. The molecule has 0 atom stereocenters. The van der Waals surface area contributed by atoms with E-state index < -0.39 is 0 Å². The number of ether oxygens (including phenoxy) is 1. The van der Waals surface area contributed by atoms with Crippen molar-refractivity contribution >= 4 is 51.4 Å². The van der Waals surface area contributed by atoms with E-state index in [0.717, 1.165) is 4.34 Å². The molecule has 0 fully saturated rings. The van der Waals surface area contributed by atoms with Gasteiger partial charge in [0.2, 0.25) is 11.0 Å². The highest BCUT2D eigenvalue weighted by molar-refractivity contribution is 8.01. The second kappa shape index (κ2) is 8.76. The number of nitrogens with zero attached hydrogens (tertiary/aromatic N) is 2. The van der Waals surface area contributed by atoms with Crippen LogP contribution in [-0.4, -0.2) is 35.5 Å². The molecule has 1 aromatic carbocycles. The van der Waals surface area contributed by atoms with Crippen LogP contribution in [0.15, 0.2) is 35.2 Å². The van der Waals surface area contributed by atoms with Crippen molar-refractivity contribution in [3.05, 3.63) is 35.9 Å². The van der Waals surface area contributed by atoms with Crippen molar-refractivity contribution in [2.45, 2.75) is 4.34 Å². The molecule has 1 aromatic heterocycles. The maximum atomic E-state index is 12.0. The Morgan fingerprint density at radius 2 is 2.35 bits per heavy atom. The molecular formula is C14H15ClN4O2S2. The lowest BCUT2D eigenvalue weighted by Gasteiger charge is -2.07. The molecule has 0 unspecified atom stereocenters. The molecule has 23 heavy (non-hydrogen) atoms. The highest BCUT2D eigenvalue weighted by atomic mass is 35.5. The topological polar surface area (TPSA) is 76.1 Å². The Morgan fingerprint density at radius 3 is 3.04 bits per heavy atom. The SMILES string of the molecule is C=CCNc1nnc(SCC(=O)Nc2ccc(OC)c(Cl)c2)s1. The zero-order chi connectivity index (χ0) is 16.7. The standard InChI is InChI=1S/C14H15ClN4O2S2/c1-3-6-16-13-18-19-14(23-13)22-8-12(20)17-9-4-5-11(21-2)10(15)7-9/h3-5,7H,1,6,8H2,2H3,(H,16,18)(H,17,20). The molecule has 2 aromatic rings. The van der Waals surface area contributed by atoms with E-state index in [9.17, 15) is 4.79 Å². The summed E-state index contributed by atoms with van der Waals surface area (Å²) in [5.74, 6) is 0.652. The van der Waals surface area contributed by atoms with Crippen LogP contribution in [0.2, 0.25) is 5.02 Å². The van der Waals surface area contributed by atoms with E-state index in [0.29, 0.717) is 28.1 Å². The number of carbonyl (C=O) groups is 1. The van der Waals surface area contributed by atoms with Gasteiger partial charge in [0.25, 0.3) is 0 Å². The molecule has 9 heteroatoms. The molecule has 0 saturated carbocycles. The van der Waals surface area contributed by atoms with Gasteiger partial charge < -0.3 is 15.4 Å². The van der Waals surface area contributed by atoms with Gasteiger partial charge in [-0.25, -0.2) is 0 Å². The van der Waals surface area contributed by atoms with E-state index in [1.165, 1.54) is 30.2 Å². The smallest absolute Gasteiger partial charge is 0.234 e. The van der Waals surface area contributed by atoms with Gasteiger partial charge in [-0.2, -0.15) is 0 Å². The van der Waals surface area contributed by atoms with Crippen LogP contribution in [0, 0.1) is 0 Å². The van der Waals surface area contributed by atoms with Crippen LogP contribution in [0.5, 0.6) is 5.75 Å². The summed E-state index contributed by atoms with van der Waals surface area (Å²) in [6.07, 6.45) is 1.74. The molecule has 1 amide bonds. The second-order valence-electron chi connectivity index (χ2n) is 4.23. The number of benzene rings is 1. The molecule has 0 aliphatic carbocycles. The first kappa shape index (κ1) is 17.6. The van der Waals surface area contributed by atoms with Crippen LogP contribution in [-0.2, 0) is 4.79 Å². The molecule has 0 radical (unpaired) electrons. The van der Waals surface area contributed by atoms with Crippen LogP contribution in [0.4, 0.5) is 10.8 Å². The van der Waals surface area contributed by atoms with Gasteiger partial charge in [-0.1, -0.05) is 40.8 Å². The Labute approximate surface area is 147 Å². The van der Waals surface area contributed by atoms with Crippen LogP contribution < -0.4 is 15.4 Å². The summed E-state index contributed by atoms with van der Waals surface area (Å²) in [4.78, 5) is 12.0. The third-order valence-corrected chi connectivity index (χ3v) is 4.88. The zero-order valence-electron chi connectivity index (χ0n) is 12.3. The van der Waals surface area contributed by atoms with E-state index >= 15 is 0 Å². The van der Waals surface area contributed by atoms with Crippen molar-refractivity contribution in [1.29, 1.82) is 0 Å². The van der Waals surface area contributed by atoms with E-state index in [1.807, 2.05) is 0 Å². The quantitative estimate of drug-likeness (QED) is 0.547. The van der Waals surface area contributed by atoms with Crippen LogP contribution in [0.1, 0.15) is 0 Å². The van der Waals surface area contributed by atoms with Crippen molar-refractivity contribution in [3.63, 3.8) is 0 Å². The number of carbonyl (C=O) groups excluding carboxylic acids is 1. The van der Waals surface area contributed by atoms with Crippen molar-refractivity contribution in [2.24, 2.45) is 0 Å². The summed E-state index contributed by atoms with van der Waals surface area (Å²) in [7, 11) is 1.54. The van der Waals surface area contributed by atoms with Crippen molar-refractivity contribution < 1.29 is 9.53 Å². The van der Waals surface area contributed by atoms with Gasteiger partial charge in [0.15, 0.2) is 4.34 Å². The zero-order valence-corrected chi connectivity index (χ0v) is 14.7. The maximum Gasteiger partial charge on any atom is 0.234 e. The highest BCUT2D eigenvalue weighted by Crippen LogP contribution is 2.28. The molecule has 0 aliphatic rings. The Bertz CT molecular complexity index is 693. The average Bonchev–Trinajstić information content (AvgIpc) is 2.99. The number of aromatic nitrogens is 2. The summed E-state index contributed by atoms with van der Waals surface area (Å²) in [6.45, 7) is 4.24. The van der Waals surface area contributed by atoms with Crippen molar-refractivity contribution in [2.75, 3.05) is 30.0 Å². The molecule has 2 rings (SSSR count). The summed E-state index contributed by atoms with van der Waals surface area (Å²) < 4.78 is 5.79. The highest BCUT2D eigenvalue weighted by Gasteiger charge is 2.09. The average molecular weight is 371 g/mol. The molecule has 0 saturated heterocycles. The van der Waals surface area contributed by atoms with Gasteiger partial charge in [-0.15, -0.1) is 16.8 Å². The largest absolute Gasteiger partial charge is 0.495 e. The number of anilines is 2. The summed E-state index contributed by atoms with van der Waals surface area (Å²) in [6, 6.07) is 5.08. The first-order valence-corrected chi connectivity index (χ1v) is 8.75. The minimum Gasteiger partial charge on any atom is -0.495 e. The molecule has 0 spiro atoms. The number of rotatable bonds is 8. The lowest BCUT2D eigenvalue weighted by atomic mass is 10.3. The van der Waals surface area contributed by atoms with Crippen molar-refractivity contribution in [1.82, 2.24) is 10.2 Å². The fourth-order valence-corrected chi connectivity index (χ4v) is 3.38. The van der Waals surface area contributed by atoms with E-state index in [-0.39, 0.29) is 11.7 Å². The predicted octanol–water partition coefficient (Wildman–Crippen LogP) is 3.53. The number of thioether (sulfide) groups is 1. The lowest BCUT2D eigenvalue weighted by molar-refractivity contribution is -0.113. The van der Waals surface area contributed by atoms with Crippen LogP contribution >= 0.6 is 34.7 Å². The molecule has 122 valence electrons. The second-order valence-corrected chi connectivity index (χ2v) is 6.84. The van der Waals surface area contributed by atoms with Crippen LogP contribution in [0.3, 0.4) is 0 Å². The van der Waals surface area contributed by atoms with Crippen LogP contribution in [0.25, 0.3) is 0 Å². The number of nitrogens with one attached hydrogen (secondary N) is 2. The Kier molecular flexibility index (Phi) is 6.69. The van der Waals surface area contributed by atoms with Gasteiger partial charge in [0, 0.05) is 12.2 Å². The molecule has 1 heterocycles. The first-order valence-electron chi connectivity index (χ1n) is 6.57. The van der Waals surface area contributed by atoms with E-state index in [2.05, 4.69) is 27.4 Å².